The molecule has 6 nitrogen and oxygen atoms in total. The van der Waals surface area contributed by atoms with E-state index in [1.165, 1.54) is 10.6 Å². The molecule has 8 heteroatoms. The predicted molar refractivity (Wildman–Crippen MR) is 70.2 cm³/mol. The van der Waals surface area contributed by atoms with Gasteiger partial charge in [-0.25, -0.2) is 13.4 Å². The molecule has 1 aromatic rings. The number of aryl methyl sites for hydroxylation is 1. The summed E-state index contributed by atoms with van der Waals surface area (Å²) in [5.74, 6) is 0. The number of ether oxygens (including phenoxy) is 1. The number of aromatic nitrogens is 2. The SMILES string of the molecule is CCn1cnc(S(=O)(=O)N2CCOC(CBr)C2)c1. The standard InChI is InChI=1S/C10H16BrN3O3S/c1-2-13-7-10(12-8-13)18(15,16)14-3-4-17-9(5-11)6-14/h7-9H,2-6H2,1H3. The van der Waals surface area contributed by atoms with Crippen LogP contribution in [0.1, 0.15) is 6.92 Å². The van der Waals surface area contributed by atoms with Crippen molar-refractivity contribution in [3.63, 3.8) is 0 Å². The molecule has 0 amide bonds. The smallest absolute Gasteiger partial charge is 0.262 e. The summed E-state index contributed by atoms with van der Waals surface area (Å²) in [5.41, 5.74) is 0. The molecule has 1 aliphatic rings. The Morgan fingerprint density at radius 1 is 1.61 bits per heavy atom. The third-order valence-electron chi connectivity index (χ3n) is 2.85. The van der Waals surface area contributed by atoms with E-state index in [1.807, 2.05) is 6.92 Å². The quantitative estimate of drug-likeness (QED) is 0.758. The second kappa shape index (κ2) is 5.68. The van der Waals surface area contributed by atoms with Crippen molar-refractivity contribution in [2.45, 2.75) is 24.6 Å². The molecule has 1 unspecified atom stereocenters. The molecule has 0 aromatic carbocycles. The van der Waals surface area contributed by atoms with Gasteiger partial charge in [0.1, 0.15) is 0 Å². The van der Waals surface area contributed by atoms with Crippen LogP contribution in [0.5, 0.6) is 0 Å². The highest BCUT2D eigenvalue weighted by atomic mass is 79.9. The molecule has 0 spiro atoms. The number of sulfonamides is 1. The van der Waals surface area contributed by atoms with E-state index < -0.39 is 10.0 Å². The van der Waals surface area contributed by atoms with E-state index in [4.69, 9.17) is 4.74 Å². The lowest BCUT2D eigenvalue weighted by Crippen LogP contribution is -2.46. The third kappa shape index (κ3) is 2.76. The molecule has 1 saturated heterocycles. The monoisotopic (exact) mass is 337 g/mol. The molecule has 0 radical (unpaired) electrons. The van der Waals surface area contributed by atoms with Gasteiger partial charge in [-0.15, -0.1) is 0 Å². The summed E-state index contributed by atoms with van der Waals surface area (Å²) < 4.78 is 33.3. The summed E-state index contributed by atoms with van der Waals surface area (Å²) in [6.07, 6.45) is 3.00. The number of halogens is 1. The van der Waals surface area contributed by atoms with Crippen molar-refractivity contribution in [3.8, 4) is 0 Å². The Labute approximate surface area is 115 Å². The van der Waals surface area contributed by atoms with Crippen molar-refractivity contribution in [1.29, 1.82) is 0 Å². The summed E-state index contributed by atoms with van der Waals surface area (Å²) in [6, 6.07) is 0. The van der Waals surface area contributed by atoms with Gasteiger partial charge in [-0.2, -0.15) is 4.31 Å². The van der Waals surface area contributed by atoms with Crippen molar-refractivity contribution >= 4 is 26.0 Å². The molecular weight excluding hydrogens is 322 g/mol. The molecule has 0 bridgehead atoms. The summed E-state index contributed by atoms with van der Waals surface area (Å²) in [5, 5.41) is 0.738. The van der Waals surface area contributed by atoms with E-state index in [0.29, 0.717) is 31.6 Å². The Kier molecular flexibility index (Phi) is 4.41. The maximum Gasteiger partial charge on any atom is 0.262 e. The lowest BCUT2D eigenvalue weighted by molar-refractivity contribution is 0.0136. The first-order valence-electron chi connectivity index (χ1n) is 5.77. The molecule has 1 atom stereocenters. The lowest BCUT2D eigenvalue weighted by atomic mass is 10.3. The van der Waals surface area contributed by atoms with Crippen LogP contribution in [0.2, 0.25) is 0 Å². The molecule has 2 heterocycles. The first-order valence-corrected chi connectivity index (χ1v) is 8.33. The van der Waals surface area contributed by atoms with Gasteiger partial charge in [-0.3, -0.25) is 0 Å². The van der Waals surface area contributed by atoms with Crippen LogP contribution in [-0.4, -0.2) is 53.4 Å². The molecule has 0 N–H and O–H groups in total. The summed E-state index contributed by atoms with van der Waals surface area (Å²) >= 11 is 3.31. The van der Waals surface area contributed by atoms with Gasteiger partial charge in [0.2, 0.25) is 0 Å². The molecule has 1 aliphatic heterocycles. The fourth-order valence-corrected chi connectivity index (χ4v) is 3.56. The Morgan fingerprint density at radius 3 is 3.00 bits per heavy atom. The molecule has 18 heavy (non-hydrogen) atoms. The number of morpholine rings is 1. The molecule has 2 rings (SSSR count). The first kappa shape index (κ1) is 14.0. The van der Waals surface area contributed by atoms with E-state index in [0.717, 1.165) is 0 Å². The van der Waals surface area contributed by atoms with E-state index in [9.17, 15) is 8.42 Å². The number of nitrogens with zero attached hydrogens (tertiary/aromatic N) is 3. The normalized spacial score (nSPS) is 22.2. The zero-order valence-electron chi connectivity index (χ0n) is 10.1. The fraction of sp³-hybridized carbons (Fsp3) is 0.700. The summed E-state index contributed by atoms with van der Waals surface area (Å²) in [6.45, 7) is 3.81. The second-order valence-corrected chi connectivity index (χ2v) is 6.58. The van der Waals surface area contributed by atoms with E-state index >= 15 is 0 Å². The Bertz CT molecular complexity index is 502. The van der Waals surface area contributed by atoms with Crippen LogP contribution < -0.4 is 0 Å². The average Bonchev–Trinajstić information content (AvgIpc) is 2.88. The number of hydrogen-bond donors (Lipinski definition) is 0. The minimum Gasteiger partial charge on any atom is -0.375 e. The van der Waals surface area contributed by atoms with Gasteiger partial charge in [0.15, 0.2) is 5.03 Å². The van der Waals surface area contributed by atoms with Crippen LogP contribution >= 0.6 is 15.9 Å². The zero-order chi connectivity index (χ0) is 13.2. The van der Waals surface area contributed by atoms with Gasteiger partial charge in [0, 0.05) is 31.2 Å². The van der Waals surface area contributed by atoms with Crippen molar-refractivity contribution in [2.75, 3.05) is 25.0 Å². The zero-order valence-corrected chi connectivity index (χ0v) is 12.5. The Balaban J connectivity index is 2.19. The topological polar surface area (TPSA) is 64.4 Å². The van der Waals surface area contributed by atoms with Crippen LogP contribution in [0.4, 0.5) is 0 Å². The van der Waals surface area contributed by atoms with E-state index in [1.54, 1.807) is 10.8 Å². The predicted octanol–water partition coefficient (Wildman–Crippen LogP) is 0.687. The van der Waals surface area contributed by atoms with Crippen molar-refractivity contribution in [1.82, 2.24) is 13.9 Å². The van der Waals surface area contributed by atoms with E-state index in [-0.39, 0.29) is 11.1 Å². The minimum atomic E-state index is -3.49. The van der Waals surface area contributed by atoms with Crippen LogP contribution in [0, 0.1) is 0 Å². The lowest BCUT2D eigenvalue weighted by Gasteiger charge is -2.30. The van der Waals surface area contributed by atoms with Crippen molar-refractivity contribution in [2.24, 2.45) is 0 Å². The number of hydrogen-bond acceptors (Lipinski definition) is 4. The maximum absolute atomic E-state index is 12.4. The van der Waals surface area contributed by atoms with Crippen LogP contribution in [0.3, 0.4) is 0 Å². The van der Waals surface area contributed by atoms with Crippen LogP contribution in [0.15, 0.2) is 17.6 Å². The number of rotatable bonds is 4. The first-order chi connectivity index (χ1) is 8.57. The van der Waals surface area contributed by atoms with Gasteiger partial charge in [-0.05, 0) is 6.92 Å². The summed E-state index contributed by atoms with van der Waals surface area (Å²) in [7, 11) is -3.49. The second-order valence-electron chi connectivity index (χ2n) is 4.05. The average molecular weight is 338 g/mol. The summed E-state index contributed by atoms with van der Waals surface area (Å²) in [4.78, 5) is 3.97. The van der Waals surface area contributed by atoms with Crippen LogP contribution in [0.25, 0.3) is 0 Å². The number of imidazole rings is 1. The highest BCUT2D eigenvalue weighted by molar-refractivity contribution is 9.09. The van der Waals surface area contributed by atoms with Crippen molar-refractivity contribution < 1.29 is 13.2 Å². The molecule has 102 valence electrons. The van der Waals surface area contributed by atoms with Gasteiger partial charge < -0.3 is 9.30 Å². The van der Waals surface area contributed by atoms with Gasteiger partial charge >= 0.3 is 0 Å². The minimum absolute atomic E-state index is 0.0956. The Hall–Kier alpha value is -0.440. The molecule has 1 fully saturated rings. The highest BCUT2D eigenvalue weighted by Crippen LogP contribution is 2.17. The van der Waals surface area contributed by atoms with Crippen LogP contribution in [-0.2, 0) is 21.3 Å². The molecule has 1 aromatic heterocycles. The van der Waals surface area contributed by atoms with Gasteiger partial charge in [0.05, 0.1) is 19.0 Å². The molecular formula is C10H16BrN3O3S. The highest BCUT2D eigenvalue weighted by Gasteiger charge is 2.31. The van der Waals surface area contributed by atoms with Gasteiger partial charge in [0.25, 0.3) is 10.0 Å². The fourth-order valence-electron chi connectivity index (χ4n) is 1.78. The molecule has 0 saturated carbocycles. The van der Waals surface area contributed by atoms with E-state index in [2.05, 4.69) is 20.9 Å². The third-order valence-corrected chi connectivity index (χ3v) is 5.33. The van der Waals surface area contributed by atoms with Gasteiger partial charge in [-0.1, -0.05) is 15.9 Å². The number of alkyl halides is 1. The Morgan fingerprint density at radius 2 is 2.39 bits per heavy atom. The maximum atomic E-state index is 12.4. The molecule has 0 aliphatic carbocycles. The van der Waals surface area contributed by atoms with Crippen molar-refractivity contribution in [3.05, 3.63) is 12.5 Å². The largest absolute Gasteiger partial charge is 0.375 e.